The van der Waals surface area contributed by atoms with E-state index in [-0.39, 0.29) is 48.9 Å². The summed E-state index contributed by atoms with van der Waals surface area (Å²) in [5, 5.41) is 6.79. The summed E-state index contributed by atoms with van der Waals surface area (Å²) in [4.78, 5) is 60.2. The molecule has 5 heterocycles. The lowest BCUT2D eigenvalue weighted by molar-refractivity contribution is -0.139. The fourth-order valence-corrected chi connectivity index (χ4v) is 11.3. The lowest BCUT2D eigenvalue weighted by atomic mass is 9.91. The summed E-state index contributed by atoms with van der Waals surface area (Å²) in [5.41, 5.74) is 3.06. The Balaban J connectivity index is 1.07. The maximum absolute atomic E-state index is 15.0. The quantitative estimate of drug-likeness (QED) is 0.128. The minimum atomic E-state index is -3.96. The van der Waals surface area contributed by atoms with Crippen LogP contribution >= 0.6 is 11.3 Å². The zero-order valence-corrected chi connectivity index (χ0v) is 37.9. The number of anilines is 1. The van der Waals surface area contributed by atoms with Gasteiger partial charge in [0.05, 0.1) is 41.1 Å². The van der Waals surface area contributed by atoms with Crippen LogP contribution in [-0.2, 0) is 24.4 Å². The summed E-state index contributed by atoms with van der Waals surface area (Å²) in [5.74, 6) is -0.184. The zero-order valence-electron chi connectivity index (χ0n) is 36.3. The Morgan fingerprint density at radius 1 is 1.05 bits per heavy atom. The van der Waals surface area contributed by atoms with Crippen LogP contribution < -0.4 is 19.5 Å². The fourth-order valence-electron chi connectivity index (χ4n) is 9.03. The summed E-state index contributed by atoms with van der Waals surface area (Å²) in [6.07, 6.45) is 8.18. The first-order valence-electron chi connectivity index (χ1n) is 22.0. The highest BCUT2D eigenvalue weighted by Gasteiger charge is 2.62. The van der Waals surface area contributed by atoms with Crippen LogP contribution in [0.5, 0.6) is 11.5 Å². The predicted molar refractivity (Wildman–Crippen MR) is 241 cm³/mol. The molecule has 2 aromatic carbocycles. The first kappa shape index (κ1) is 42.9. The second kappa shape index (κ2) is 16.6. The Morgan fingerprint density at radius 3 is 2.60 bits per heavy atom. The molecule has 3 fully saturated rings. The van der Waals surface area contributed by atoms with Gasteiger partial charge in [0.2, 0.25) is 21.8 Å². The van der Waals surface area contributed by atoms with Gasteiger partial charge in [-0.15, -0.1) is 11.3 Å². The molecule has 2 aliphatic carbocycles. The van der Waals surface area contributed by atoms with Gasteiger partial charge < -0.3 is 24.1 Å². The van der Waals surface area contributed by atoms with E-state index >= 15 is 4.79 Å². The van der Waals surface area contributed by atoms with Crippen molar-refractivity contribution in [1.82, 2.24) is 24.6 Å². The number of ether oxygens (including phenoxy) is 2. The number of benzene rings is 2. The van der Waals surface area contributed by atoms with Gasteiger partial charge in [0.1, 0.15) is 39.9 Å². The number of carbonyl (C=O) groups excluding carboxylic acids is 3. The SMILES string of the molecule is COc1ccc2c(O[C@@H]3C[C@H]4C(=O)C[C@]5(C(=O)NS(=O)(=O)C6(C)CC6)C[C@H]5/C=C\CCCCC[C@H](Nc5nc6ccccc6o5)C(=O)N4C3)cc(-c3nc(C(C)C)cs3)nc2c1C. The number of oxazole rings is 1. The van der Waals surface area contributed by atoms with Crippen LogP contribution in [-0.4, -0.2) is 82.5 Å². The Labute approximate surface area is 371 Å². The zero-order chi connectivity index (χ0) is 44.3. The van der Waals surface area contributed by atoms with Crippen molar-refractivity contribution in [3.63, 3.8) is 0 Å². The van der Waals surface area contributed by atoms with Gasteiger partial charge in [-0.05, 0) is 88.5 Å². The number of aromatic nitrogens is 3. The number of allylic oxidation sites excluding steroid dienone is 2. The van der Waals surface area contributed by atoms with E-state index in [2.05, 4.69) is 28.9 Å². The number of thiazole rings is 1. The number of hydrogen-bond donors (Lipinski definition) is 2. The lowest BCUT2D eigenvalue weighted by Gasteiger charge is -2.29. The van der Waals surface area contributed by atoms with E-state index in [1.165, 1.54) is 11.3 Å². The fraction of sp³-hybridized carbons (Fsp3) is 0.489. The molecule has 4 aliphatic rings. The van der Waals surface area contributed by atoms with Crippen molar-refractivity contribution in [3.05, 3.63) is 71.3 Å². The van der Waals surface area contributed by atoms with E-state index in [1.807, 2.05) is 66.9 Å². The summed E-state index contributed by atoms with van der Waals surface area (Å²) in [6, 6.07) is 11.5. The van der Waals surface area contributed by atoms with Crippen molar-refractivity contribution < 1.29 is 36.7 Å². The van der Waals surface area contributed by atoms with Crippen molar-refractivity contribution in [2.24, 2.45) is 11.3 Å². The van der Waals surface area contributed by atoms with Gasteiger partial charge in [-0.3, -0.25) is 19.1 Å². The number of nitrogens with one attached hydrogen (secondary N) is 2. The van der Waals surface area contributed by atoms with Gasteiger partial charge in [0.25, 0.3) is 6.01 Å². The Kier molecular flexibility index (Phi) is 11.3. The minimum Gasteiger partial charge on any atom is -0.496 e. The van der Waals surface area contributed by atoms with E-state index < -0.39 is 44.3 Å². The second-order valence-corrected chi connectivity index (χ2v) is 21.3. The standard InChI is InChI=1S/C47H54N6O8S2/c1-27(2)35-26-62-42(49-35)34-22-40(31-17-18-38(59-5)28(3)41(31)48-34)60-30-21-36-37(54)24-47(44(56)52-63(57,58)46(4)19-20-46)23-29(47)13-9-7-6-8-10-15-33(43(55)53(36)25-30)51-45-50-32-14-11-12-16-39(32)61-45/h9,11-14,16-18,22,26-27,29-30,33,36H,6-8,10,15,19-21,23-25H2,1-5H3,(H,50,51)(H,52,56)/b13-9-/t29-,30-,33+,36+,47-/m1/s1. The van der Waals surface area contributed by atoms with Gasteiger partial charge in [-0.1, -0.05) is 51.0 Å². The van der Waals surface area contributed by atoms with Gasteiger partial charge in [-0.2, -0.15) is 4.98 Å². The summed E-state index contributed by atoms with van der Waals surface area (Å²) >= 11 is 1.50. The number of para-hydroxylation sites is 2. The molecule has 5 aromatic rings. The smallest absolute Gasteiger partial charge is 0.296 e. The molecule has 5 atom stereocenters. The van der Waals surface area contributed by atoms with Crippen molar-refractivity contribution in [2.75, 3.05) is 19.0 Å². The first-order chi connectivity index (χ1) is 30.2. The maximum Gasteiger partial charge on any atom is 0.296 e. The molecule has 2 saturated carbocycles. The average Bonchev–Trinajstić information content (AvgIpc) is 3.90. The van der Waals surface area contributed by atoms with Crippen LogP contribution in [0.1, 0.15) is 102 Å². The number of ketones is 1. The number of rotatable bonds is 10. The van der Waals surface area contributed by atoms with E-state index in [0.717, 1.165) is 47.3 Å². The molecule has 2 amide bonds. The molecule has 332 valence electrons. The van der Waals surface area contributed by atoms with Crippen molar-refractivity contribution in [1.29, 1.82) is 0 Å². The number of hydrogen-bond acceptors (Lipinski definition) is 13. The molecule has 2 aliphatic heterocycles. The molecule has 0 radical (unpaired) electrons. The normalized spacial score (nSPS) is 25.5. The van der Waals surface area contributed by atoms with Crippen LogP contribution in [0.3, 0.4) is 0 Å². The highest BCUT2D eigenvalue weighted by molar-refractivity contribution is 7.91. The third-order valence-corrected chi connectivity index (χ3v) is 16.5. The first-order valence-corrected chi connectivity index (χ1v) is 24.3. The number of amides is 2. The Morgan fingerprint density at radius 2 is 1.86 bits per heavy atom. The minimum absolute atomic E-state index is 0.0826. The van der Waals surface area contributed by atoms with E-state index in [9.17, 15) is 18.0 Å². The maximum atomic E-state index is 15.0. The van der Waals surface area contributed by atoms with E-state index in [1.54, 1.807) is 18.9 Å². The van der Waals surface area contributed by atoms with Crippen LogP contribution in [0, 0.1) is 18.3 Å². The third kappa shape index (κ3) is 8.31. The molecule has 0 bridgehead atoms. The van der Waals surface area contributed by atoms with Crippen molar-refractivity contribution in [3.8, 4) is 22.2 Å². The van der Waals surface area contributed by atoms with Crippen LogP contribution in [0.4, 0.5) is 6.01 Å². The van der Waals surface area contributed by atoms with Crippen LogP contribution in [0.2, 0.25) is 0 Å². The number of aryl methyl sites for hydroxylation is 1. The van der Waals surface area contributed by atoms with E-state index in [0.29, 0.717) is 59.5 Å². The summed E-state index contributed by atoms with van der Waals surface area (Å²) < 4.78 is 46.7. The number of Topliss-reactive ketones (excluding diaryl/α,β-unsaturated/α-hetero) is 1. The van der Waals surface area contributed by atoms with Crippen LogP contribution in [0.25, 0.3) is 32.7 Å². The summed E-state index contributed by atoms with van der Waals surface area (Å²) in [6.45, 7) is 7.84. The van der Waals surface area contributed by atoms with Crippen molar-refractivity contribution >= 4 is 67.0 Å². The van der Waals surface area contributed by atoms with Crippen LogP contribution in [0.15, 0.2) is 64.4 Å². The molecule has 1 saturated heterocycles. The number of pyridine rings is 1. The second-order valence-electron chi connectivity index (χ2n) is 18.3. The molecule has 2 N–H and O–H groups in total. The average molecular weight is 895 g/mol. The largest absolute Gasteiger partial charge is 0.496 e. The topological polar surface area (TPSA) is 183 Å². The molecule has 63 heavy (non-hydrogen) atoms. The van der Waals surface area contributed by atoms with Crippen molar-refractivity contribution in [2.45, 2.75) is 121 Å². The molecule has 16 heteroatoms. The molecule has 0 unspecified atom stereocenters. The highest BCUT2D eigenvalue weighted by Crippen LogP contribution is 2.57. The predicted octanol–water partition coefficient (Wildman–Crippen LogP) is 8.25. The molecule has 0 spiro atoms. The van der Waals surface area contributed by atoms with Gasteiger partial charge in [0.15, 0.2) is 11.4 Å². The lowest BCUT2D eigenvalue weighted by Crippen LogP contribution is -2.49. The number of nitrogens with zero attached hydrogens (tertiary/aromatic N) is 4. The molecular weight excluding hydrogens is 841 g/mol. The Hall–Kier alpha value is -5.35. The molecule has 9 rings (SSSR count). The van der Waals surface area contributed by atoms with Gasteiger partial charge in [-0.25, -0.2) is 18.4 Å². The molecular formula is C47H54N6O8S2. The molecule has 3 aromatic heterocycles. The number of sulfonamides is 1. The van der Waals surface area contributed by atoms with Gasteiger partial charge >= 0.3 is 0 Å². The monoisotopic (exact) mass is 894 g/mol. The summed E-state index contributed by atoms with van der Waals surface area (Å²) in [7, 11) is -2.34. The third-order valence-electron chi connectivity index (χ3n) is 13.4. The van der Waals surface area contributed by atoms with Gasteiger partial charge in [0, 0.05) is 35.2 Å². The number of methoxy groups -OCH3 is 1. The van der Waals surface area contributed by atoms with E-state index in [4.69, 9.17) is 23.9 Å². The number of carbonyl (C=O) groups is 3. The highest BCUT2D eigenvalue weighted by atomic mass is 32.2. The molecule has 14 nitrogen and oxygen atoms in total. The Bertz CT molecular complexity index is 2710. The number of fused-ring (bicyclic) bond motifs is 4.